The molecule has 1 aliphatic heterocycles. The molecule has 4 rings (SSSR count). The number of fused-ring (bicyclic) bond motifs is 1. The van der Waals surface area contributed by atoms with E-state index in [1.807, 2.05) is 60.7 Å². The second kappa shape index (κ2) is 7.80. The highest BCUT2D eigenvalue weighted by Gasteiger charge is 2.42. The van der Waals surface area contributed by atoms with E-state index in [1.165, 1.54) is 7.11 Å². The van der Waals surface area contributed by atoms with Gasteiger partial charge in [-0.25, -0.2) is 0 Å². The summed E-state index contributed by atoms with van der Waals surface area (Å²) in [7, 11) is -1.85. The van der Waals surface area contributed by atoms with Gasteiger partial charge in [0.1, 0.15) is 11.9 Å². The lowest BCUT2D eigenvalue weighted by atomic mass is 10.1. The van der Waals surface area contributed by atoms with Gasteiger partial charge in [-0.1, -0.05) is 66.7 Å². The molecule has 1 heterocycles. The summed E-state index contributed by atoms with van der Waals surface area (Å²) in [5.74, 6) is 0.220. The maximum Gasteiger partial charge on any atom is 0.231 e. The highest BCUT2D eigenvalue weighted by atomic mass is 31.2. The molecule has 0 bridgehead atoms. The zero-order valence-electron chi connectivity index (χ0n) is 15.4. The molecule has 2 atom stereocenters. The molecule has 1 N–H and O–H groups in total. The van der Waals surface area contributed by atoms with Crippen LogP contribution in [0.2, 0.25) is 0 Å². The van der Waals surface area contributed by atoms with Crippen LogP contribution >= 0.6 is 7.14 Å². The van der Waals surface area contributed by atoms with Gasteiger partial charge >= 0.3 is 0 Å². The Morgan fingerprint density at radius 3 is 2.04 bits per heavy atom. The second-order valence-electron chi connectivity index (χ2n) is 6.51. The van der Waals surface area contributed by atoms with E-state index in [2.05, 4.69) is 0 Å². The van der Waals surface area contributed by atoms with Crippen molar-refractivity contribution in [1.29, 1.82) is 0 Å². The fraction of sp³-hybridized carbons (Fsp3) is 0.182. The van der Waals surface area contributed by atoms with Crippen LogP contribution in [0, 0.1) is 0 Å². The Morgan fingerprint density at radius 1 is 0.893 bits per heavy atom. The Hall–Kier alpha value is -2.59. The van der Waals surface area contributed by atoms with Crippen molar-refractivity contribution in [3.8, 4) is 11.5 Å². The van der Waals surface area contributed by atoms with Crippen LogP contribution in [0.4, 0.5) is 0 Å². The minimum Gasteiger partial charge on any atom is -0.454 e. The molecule has 0 saturated heterocycles. The van der Waals surface area contributed by atoms with E-state index >= 15 is 0 Å². The molecule has 3 aromatic rings. The van der Waals surface area contributed by atoms with Crippen molar-refractivity contribution in [2.45, 2.75) is 11.9 Å². The van der Waals surface area contributed by atoms with Crippen molar-refractivity contribution in [1.82, 2.24) is 0 Å². The van der Waals surface area contributed by atoms with Gasteiger partial charge in [-0.3, -0.25) is 0 Å². The van der Waals surface area contributed by atoms with Gasteiger partial charge in [0.15, 0.2) is 18.6 Å². The Labute approximate surface area is 163 Å². The van der Waals surface area contributed by atoms with Crippen molar-refractivity contribution in [2.24, 2.45) is 0 Å². The van der Waals surface area contributed by atoms with Crippen LogP contribution in [0.25, 0.3) is 0 Å². The molecular weight excluding hydrogens is 375 g/mol. The Bertz CT molecular complexity index is 947. The highest BCUT2D eigenvalue weighted by molar-refractivity contribution is 7.79. The first-order chi connectivity index (χ1) is 13.6. The minimum atomic E-state index is -3.32. The Balaban J connectivity index is 1.81. The Morgan fingerprint density at radius 2 is 1.46 bits per heavy atom. The maximum absolute atomic E-state index is 14.5. The molecule has 144 valence electrons. The van der Waals surface area contributed by atoms with Crippen LogP contribution < -0.4 is 20.1 Å². The van der Waals surface area contributed by atoms with Crippen LogP contribution in [0.15, 0.2) is 78.9 Å². The normalized spacial score (nSPS) is 15.2. The van der Waals surface area contributed by atoms with Gasteiger partial charge in [-0.05, 0) is 17.7 Å². The average molecular weight is 396 g/mol. The molecular formula is C22H21O5P. The fourth-order valence-corrected chi connectivity index (χ4v) is 6.46. The molecule has 3 aromatic carbocycles. The highest BCUT2D eigenvalue weighted by Crippen LogP contribution is 2.53. The molecule has 0 aromatic heterocycles. The lowest BCUT2D eigenvalue weighted by Crippen LogP contribution is -2.31. The van der Waals surface area contributed by atoms with Crippen LogP contribution in [-0.4, -0.2) is 24.9 Å². The van der Waals surface area contributed by atoms with E-state index in [4.69, 9.17) is 14.2 Å². The number of benzene rings is 3. The molecule has 0 amide bonds. The topological polar surface area (TPSA) is 65.0 Å². The summed E-state index contributed by atoms with van der Waals surface area (Å²) in [6, 6.07) is 23.5. The molecule has 0 fully saturated rings. The van der Waals surface area contributed by atoms with Crippen LogP contribution in [0.5, 0.6) is 11.5 Å². The van der Waals surface area contributed by atoms with Gasteiger partial charge in [-0.2, -0.15) is 0 Å². The Kier molecular flexibility index (Phi) is 5.23. The summed E-state index contributed by atoms with van der Waals surface area (Å²) in [5, 5.41) is 12.4. The summed E-state index contributed by atoms with van der Waals surface area (Å²) < 4.78 is 30.9. The van der Waals surface area contributed by atoms with Crippen molar-refractivity contribution in [3.05, 3.63) is 84.4 Å². The van der Waals surface area contributed by atoms with Gasteiger partial charge in [0.05, 0.1) is 0 Å². The van der Waals surface area contributed by atoms with Crippen molar-refractivity contribution >= 4 is 17.8 Å². The van der Waals surface area contributed by atoms with Gasteiger partial charge < -0.3 is 23.9 Å². The number of aliphatic hydroxyl groups is 1. The zero-order chi connectivity index (χ0) is 19.6. The van der Waals surface area contributed by atoms with Crippen molar-refractivity contribution < 1.29 is 23.9 Å². The summed E-state index contributed by atoms with van der Waals surface area (Å²) in [6.45, 7) is 0.148. The second-order valence-corrected chi connectivity index (χ2v) is 9.37. The summed E-state index contributed by atoms with van der Waals surface area (Å²) >= 11 is 0. The van der Waals surface area contributed by atoms with E-state index in [1.54, 1.807) is 18.2 Å². The van der Waals surface area contributed by atoms with Crippen molar-refractivity contribution in [2.75, 3.05) is 13.9 Å². The fourth-order valence-electron chi connectivity index (χ4n) is 3.48. The molecule has 5 nitrogen and oxygen atoms in total. The third-order valence-corrected chi connectivity index (χ3v) is 8.23. The summed E-state index contributed by atoms with van der Waals surface area (Å²) in [5.41, 5.74) is 0.559. The van der Waals surface area contributed by atoms with E-state index in [0.717, 1.165) is 0 Å². The average Bonchev–Trinajstić information content (AvgIpc) is 3.23. The summed E-state index contributed by atoms with van der Waals surface area (Å²) in [4.78, 5) is 0. The third kappa shape index (κ3) is 3.22. The minimum absolute atomic E-state index is 0.148. The maximum atomic E-state index is 14.5. The quantitative estimate of drug-likeness (QED) is 0.647. The predicted molar refractivity (Wildman–Crippen MR) is 108 cm³/mol. The summed E-state index contributed by atoms with van der Waals surface area (Å²) in [6.07, 6.45) is -1.12. The molecule has 0 unspecified atom stereocenters. The van der Waals surface area contributed by atoms with E-state index < -0.39 is 19.1 Å². The monoisotopic (exact) mass is 396 g/mol. The standard InChI is InChI=1S/C22H21O5P/c1-25-22(21(23)16-12-13-19-20(14-16)27-15-26-19)28(24,17-8-4-2-5-9-17)18-10-6-3-7-11-18/h2-14,21-23H,15H2,1H3/t21-,22+/m0/s1. The number of rotatable bonds is 6. The van der Waals surface area contributed by atoms with Crippen molar-refractivity contribution in [3.63, 3.8) is 0 Å². The number of methoxy groups -OCH3 is 1. The lowest BCUT2D eigenvalue weighted by molar-refractivity contribution is 0.0353. The molecule has 1 aliphatic rings. The molecule has 0 spiro atoms. The zero-order valence-corrected chi connectivity index (χ0v) is 16.3. The first kappa shape index (κ1) is 18.8. The smallest absolute Gasteiger partial charge is 0.231 e. The van der Waals surface area contributed by atoms with E-state index in [0.29, 0.717) is 27.7 Å². The van der Waals surface area contributed by atoms with Gasteiger partial charge in [0.2, 0.25) is 6.79 Å². The third-order valence-electron chi connectivity index (χ3n) is 4.89. The van der Waals surface area contributed by atoms with E-state index in [-0.39, 0.29) is 6.79 Å². The number of hydrogen-bond donors (Lipinski definition) is 1. The van der Waals surface area contributed by atoms with Gasteiger partial charge in [-0.15, -0.1) is 0 Å². The van der Waals surface area contributed by atoms with Gasteiger partial charge in [0.25, 0.3) is 0 Å². The number of ether oxygens (including phenoxy) is 3. The molecule has 0 aliphatic carbocycles. The van der Waals surface area contributed by atoms with Gasteiger partial charge in [0, 0.05) is 17.7 Å². The van der Waals surface area contributed by atoms with E-state index in [9.17, 15) is 9.67 Å². The molecule has 6 heteroatoms. The molecule has 0 saturated carbocycles. The predicted octanol–water partition coefficient (Wildman–Crippen LogP) is 3.44. The first-order valence-corrected chi connectivity index (χ1v) is 10.7. The molecule has 0 radical (unpaired) electrons. The van der Waals surface area contributed by atoms with Crippen LogP contribution in [0.3, 0.4) is 0 Å². The van der Waals surface area contributed by atoms with Crippen LogP contribution in [-0.2, 0) is 9.30 Å². The number of aliphatic hydroxyl groups excluding tert-OH is 1. The van der Waals surface area contributed by atoms with Crippen LogP contribution in [0.1, 0.15) is 11.7 Å². The SMILES string of the molecule is CO[C@@H]([C@@H](O)c1ccc2c(c1)OCO2)P(=O)(c1ccccc1)c1ccccc1. The molecule has 28 heavy (non-hydrogen) atoms. The lowest BCUT2D eigenvalue weighted by Gasteiger charge is -2.31. The largest absolute Gasteiger partial charge is 0.454 e. The first-order valence-electron chi connectivity index (χ1n) is 8.96. The number of hydrogen-bond acceptors (Lipinski definition) is 5.